The number of hydrogen-bond acceptors (Lipinski definition) is 6. The first kappa shape index (κ1) is 19.2. The van der Waals surface area contributed by atoms with Crippen LogP contribution in [-0.2, 0) is 16.1 Å². The van der Waals surface area contributed by atoms with Gasteiger partial charge in [-0.05, 0) is 47.3 Å². The van der Waals surface area contributed by atoms with E-state index in [0.29, 0.717) is 41.5 Å². The zero-order chi connectivity index (χ0) is 20.4. The summed E-state index contributed by atoms with van der Waals surface area (Å²) in [6.45, 7) is 0.980. The number of fused-ring (bicyclic) bond motifs is 2. The zero-order valence-electron chi connectivity index (χ0n) is 15.6. The molecule has 0 saturated carbocycles. The van der Waals surface area contributed by atoms with Crippen LogP contribution in [0.25, 0.3) is 10.1 Å². The van der Waals surface area contributed by atoms with Gasteiger partial charge in [-0.2, -0.15) is 0 Å². The molecule has 0 N–H and O–H groups in total. The number of hydrogen-bond donors (Lipinski definition) is 0. The number of ether oxygens (including phenoxy) is 3. The number of halogens is 1. The van der Waals surface area contributed by atoms with Gasteiger partial charge in [0.2, 0.25) is 0 Å². The Kier molecular flexibility index (Phi) is 5.35. The Morgan fingerprint density at radius 1 is 1.10 bits per heavy atom. The van der Waals surface area contributed by atoms with Gasteiger partial charge in [0.1, 0.15) is 23.9 Å². The monoisotopic (exact) mass is 415 g/mol. The quantitative estimate of drug-likeness (QED) is 0.596. The van der Waals surface area contributed by atoms with E-state index in [4.69, 9.17) is 14.2 Å². The summed E-state index contributed by atoms with van der Waals surface area (Å²) in [7, 11) is 1.63. The van der Waals surface area contributed by atoms with Crippen molar-refractivity contribution in [2.45, 2.75) is 6.54 Å². The molecule has 29 heavy (non-hydrogen) atoms. The number of benzene rings is 2. The summed E-state index contributed by atoms with van der Waals surface area (Å²) >= 11 is 1.20. The molecule has 150 valence electrons. The largest absolute Gasteiger partial charge is 0.486 e. The fourth-order valence-electron chi connectivity index (χ4n) is 2.97. The summed E-state index contributed by atoms with van der Waals surface area (Å²) in [4.78, 5) is 26.4. The normalized spacial score (nSPS) is 12.6. The lowest BCUT2D eigenvalue weighted by atomic mass is 10.2. The van der Waals surface area contributed by atoms with Gasteiger partial charge in [-0.3, -0.25) is 4.79 Å². The molecule has 1 aliphatic rings. The third-order valence-electron chi connectivity index (χ3n) is 4.46. The molecule has 2 heterocycles. The van der Waals surface area contributed by atoms with E-state index in [0.717, 1.165) is 10.3 Å². The van der Waals surface area contributed by atoms with E-state index >= 15 is 0 Å². The molecular weight excluding hydrogens is 397 g/mol. The van der Waals surface area contributed by atoms with E-state index in [-0.39, 0.29) is 18.3 Å². The minimum atomic E-state index is -0.604. The fourth-order valence-corrected chi connectivity index (χ4v) is 3.91. The molecule has 6 nitrogen and oxygen atoms in total. The molecule has 1 aliphatic heterocycles. The lowest BCUT2D eigenvalue weighted by Crippen LogP contribution is -2.30. The van der Waals surface area contributed by atoms with E-state index in [1.54, 1.807) is 19.2 Å². The molecule has 0 fully saturated rings. The minimum absolute atomic E-state index is 0.327. The van der Waals surface area contributed by atoms with Crippen LogP contribution in [0.15, 0.2) is 42.5 Å². The Morgan fingerprint density at radius 3 is 2.72 bits per heavy atom. The highest BCUT2D eigenvalue weighted by molar-refractivity contribution is 7.20. The fraction of sp³-hybridized carbons (Fsp3) is 0.238. The maximum atomic E-state index is 13.3. The van der Waals surface area contributed by atoms with Crippen LogP contribution in [0.1, 0.15) is 15.2 Å². The molecule has 0 aliphatic carbocycles. The van der Waals surface area contributed by atoms with Crippen LogP contribution >= 0.6 is 11.3 Å². The predicted octanol–water partition coefficient (Wildman–Crippen LogP) is 3.63. The SMILES string of the molecule is CN(Cc1ccc2c(c1)OCCO2)C(=O)COC(=O)c1cc2cc(F)ccc2s1. The second-order valence-electron chi connectivity index (χ2n) is 6.60. The van der Waals surface area contributed by atoms with Crippen molar-refractivity contribution in [3.63, 3.8) is 0 Å². The Hall–Kier alpha value is -3.13. The van der Waals surface area contributed by atoms with Crippen molar-refractivity contribution in [3.05, 3.63) is 58.7 Å². The molecule has 0 spiro atoms. The number of carbonyl (C=O) groups excluding carboxylic acids is 2. The van der Waals surface area contributed by atoms with Crippen LogP contribution in [0.3, 0.4) is 0 Å². The standard InChI is InChI=1S/C21H18FNO5S/c1-23(11-13-2-4-16-17(8-13)27-7-6-26-16)20(24)12-28-21(25)19-10-14-9-15(22)3-5-18(14)29-19/h2-5,8-10H,6-7,11-12H2,1H3. The van der Waals surface area contributed by atoms with Gasteiger partial charge in [0.05, 0.1) is 0 Å². The van der Waals surface area contributed by atoms with Crippen LogP contribution < -0.4 is 9.47 Å². The number of thiophene rings is 1. The van der Waals surface area contributed by atoms with Gasteiger partial charge in [0, 0.05) is 18.3 Å². The predicted molar refractivity (Wildman–Crippen MR) is 106 cm³/mol. The molecule has 0 unspecified atom stereocenters. The van der Waals surface area contributed by atoms with E-state index < -0.39 is 5.97 Å². The highest BCUT2D eigenvalue weighted by Crippen LogP contribution is 2.31. The number of rotatable bonds is 5. The molecule has 8 heteroatoms. The van der Waals surface area contributed by atoms with Crippen LogP contribution in [0.5, 0.6) is 11.5 Å². The summed E-state index contributed by atoms with van der Waals surface area (Å²) < 4.78 is 30.2. The lowest BCUT2D eigenvalue weighted by Gasteiger charge is -2.21. The molecular formula is C21H18FNO5S. The van der Waals surface area contributed by atoms with E-state index in [2.05, 4.69) is 0 Å². The summed E-state index contributed by atoms with van der Waals surface area (Å²) in [5, 5.41) is 0.629. The van der Waals surface area contributed by atoms with Crippen molar-refractivity contribution < 1.29 is 28.2 Å². The smallest absolute Gasteiger partial charge is 0.348 e. The molecule has 0 bridgehead atoms. The van der Waals surface area contributed by atoms with Gasteiger partial charge >= 0.3 is 5.97 Å². The summed E-state index contributed by atoms with van der Waals surface area (Å²) in [5.74, 6) is 0.0348. The molecule has 3 aromatic rings. The van der Waals surface area contributed by atoms with Crippen molar-refractivity contribution in [2.75, 3.05) is 26.9 Å². The van der Waals surface area contributed by atoms with Crippen LogP contribution in [0.4, 0.5) is 4.39 Å². The van der Waals surface area contributed by atoms with Gasteiger partial charge < -0.3 is 19.1 Å². The van der Waals surface area contributed by atoms with Gasteiger partial charge in [-0.25, -0.2) is 9.18 Å². The minimum Gasteiger partial charge on any atom is -0.486 e. The third-order valence-corrected chi connectivity index (χ3v) is 5.55. The van der Waals surface area contributed by atoms with Crippen molar-refractivity contribution in [1.29, 1.82) is 0 Å². The average molecular weight is 415 g/mol. The van der Waals surface area contributed by atoms with Gasteiger partial charge in [0.25, 0.3) is 5.91 Å². The second kappa shape index (κ2) is 8.08. The Bertz CT molecular complexity index is 1080. The Morgan fingerprint density at radius 2 is 1.90 bits per heavy atom. The maximum Gasteiger partial charge on any atom is 0.348 e. The molecule has 1 amide bonds. The molecule has 1 aromatic heterocycles. The van der Waals surface area contributed by atoms with Gasteiger partial charge in [-0.1, -0.05) is 6.07 Å². The number of esters is 1. The lowest BCUT2D eigenvalue weighted by molar-refractivity contribution is -0.133. The molecule has 0 saturated heterocycles. The van der Waals surface area contributed by atoms with E-state index in [1.807, 2.05) is 18.2 Å². The third kappa shape index (κ3) is 4.32. The van der Waals surface area contributed by atoms with Gasteiger partial charge in [0.15, 0.2) is 18.1 Å². The summed E-state index contributed by atoms with van der Waals surface area (Å²) in [5.41, 5.74) is 0.878. The highest BCUT2D eigenvalue weighted by atomic mass is 32.1. The van der Waals surface area contributed by atoms with Crippen molar-refractivity contribution in [3.8, 4) is 11.5 Å². The first-order chi connectivity index (χ1) is 14.0. The average Bonchev–Trinajstić information content (AvgIpc) is 3.15. The van der Waals surface area contributed by atoms with Crippen LogP contribution in [0, 0.1) is 5.82 Å². The number of carbonyl (C=O) groups is 2. The zero-order valence-corrected chi connectivity index (χ0v) is 16.5. The highest BCUT2D eigenvalue weighted by Gasteiger charge is 2.17. The van der Waals surface area contributed by atoms with E-state index in [1.165, 1.54) is 28.4 Å². The summed E-state index contributed by atoms with van der Waals surface area (Å²) in [6.07, 6.45) is 0. The first-order valence-corrected chi connectivity index (χ1v) is 9.80. The topological polar surface area (TPSA) is 65.1 Å². The van der Waals surface area contributed by atoms with E-state index in [9.17, 15) is 14.0 Å². The second-order valence-corrected chi connectivity index (χ2v) is 7.68. The molecule has 0 radical (unpaired) electrons. The molecule has 4 rings (SSSR count). The van der Waals surface area contributed by atoms with Crippen molar-refractivity contribution in [1.82, 2.24) is 4.90 Å². The summed E-state index contributed by atoms with van der Waals surface area (Å²) in [6, 6.07) is 11.4. The maximum absolute atomic E-state index is 13.3. The number of amides is 1. The molecule has 2 aromatic carbocycles. The number of likely N-dealkylation sites (N-methyl/N-ethyl adjacent to an activating group) is 1. The van der Waals surface area contributed by atoms with Crippen LogP contribution in [-0.4, -0.2) is 43.6 Å². The van der Waals surface area contributed by atoms with Crippen LogP contribution in [0.2, 0.25) is 0 Å². The first-order valence-electron chi connectivity index (χ1n) is 8.98. The van der Waals surface area contributed by atoms with Crippen molar-refractivity contribution in [2.24, 2.45) is 0 Å². The Balaban J connectivity index is 1.34. The van der Waals surface area contributed by atoms with Crippen molar-refractivity contribution >= 4 is 33.3 Å². The Labute approximate surface area is 170 Å². The molecule has 0 atom stereocenters. The van der Waals surface area contributed by atoms with Gasteiger partial charge in [-0.15, -0.1) is 11.3 Å². The number of nitrogens with zero attached hydrogens (tertiary/aromatic N) is 1.